The van der Waals surface area contributed by atoms with Gasteiger partial charge < -0.3 is 10.6 Å². The number of hydrogen-bond donors (Lipinski definition) is 2. The molecule has 0 aromatic carbocycles. The minimum Gasteiger partial charge on any atom is -0.353 e. The first-order chi connectivity index (χ1) is 8.06. The summed E-state index contributed by atoms with van der Waals surface area (Å²) in [6.45, 7) is 6.73. The first-order valence-electron chi connectivity index (χ1n) is 6.34. The highest BCUT2D eigenvalue weighted by Crippen LogP contribution is 2.41. The van der Waals surface area contributed by atoms with Crippen LogP contribution in [-0.2, 0) is 4.79 Å². The van der Waals surface area contributed by atoms with E-state index in [2.05, 4.69) is 15.6 Å². The highest BCUT2D eigenvalue weighted by atomic mass is 32.2. The second-order valence-electron chi connectivity index (χ2n) is 5.17. The number of aliphatic imine (C=N–C) groups is 1. The molecule has 0 radical (unpaired) electrons. The van der Waals surface area contributed by atoms with Crippen LogP contribution in [0.3, 0.4) is 0 Å². The van der Waals surface area contributed by atoms with Crippen molar-refractivity contribution in [3.63, 3.8) is 0 Å². The van der Waals surface area contributed by atoms with Crippen LogP contribution < -0.4 is 10.6 Å². The first-order valence-corrected chi connectivity index (χ1v) is 7.22. The van der Waals surface area contributed by atoms with Crippen molar-refractivity contribution < 1.29 is 4.79 Å². The summed E-state index contributed by atoms with van der Waals surface area (Å²) in [5.74, 6) is 0.904. The van der Waals surface area contributed by atoms with Crippen molar-refractivity contribution in [2.24, 2.45) is 10.9 Å². The van der Waals surface area contributed by atoms with Crippen molar-refractivity contribution in [2.75, 3.05) is 6.54 Å². The average molecular weight is 255 g/mol. The summed E-state index contributed by atoms with van der Waals surface area (Å²) in [5.41, 5.74) is 0. The van der Waals surface area contributed by atoms with E-state index in [1.165, 1.54) is 12.8 Å². The fourth-order valence-electron chi connectivity index (χ4n) is 1.84. The van der Waals surface area contributed by atoms with Gasteiger partial charge in [0.2, 0.25) is 5.91 Å². The van der Waals surface area contributed by atoms with Crippen LogP contribution in [0.5, 0.6) is 0 Å². The molecule has 5 heteroatoms. The molecule has 1 saturated carbocycles. The molecule has 0 aromatic rings. The molecule has 1 amide bonds. The summed E-state index contributed by atoms with van der Waals surface area (Å²) in [6, 6.07) is -0.0225. The van der Waals surface area contributed by atoms with Crippen LogP contribution in [-0.4, -0.2) is 35.0 Å². The smallest absolute Gasteiger partial charge is 0.242 e. The SMILES string of the molecule is CC(C)NC(=O)C(C)NC1=NCC(C2CC2)S1. The zero-order valence-corrected chi connectivity index (χ0v) is 11.5. The number of hydrogen-bond acceptors (Lipinski definition) is 4. The lowest BCUT2D eigenvalue weighted by Crippen LogP contribution is -2.46. The second kappa shape index (κ2) is 5.29. The van der Waals surface area contributed by atoms with Gasteiger partial charge in [0.15, 0.2) is 5.17 Å². The van der Waals surface area contributed by atoms with E-state index >= 15 is 0 Å². The highest BCUT2D eigenvalue weighted by Gasteiger charge is 2.35. The van der Waals surface area contributed by atoms with Crippen LogP contribution in [0.4, 0.5) is 0 Å². The Bertz CT molecular complexity index is 326. The minimum absolute atomic E-state index is 0.0400. The van der Waals surface area contributed by atoms with Crippen molar-refractivity contribution in [2.45, 2.75) is 50.9 Å². The Hall–Kier alpha value is -0.710. The third kappa shape index (κ3) is 3.63. The van der Waals surface area contributed by atoms with E-state index < -0.39 is 0 Å². The van der Waals surface area contributed by atoms with Crippen LogP contribution >= 0.6 is 11.8 Å². The Morgan fingerprint density at radius 3 is 2.71 bits per heavy atom. The number of amides is 1. The quantitative estimate of drug-likeness (QED) is 0.798. The van der Waals surface area contributed by atoms with E-state index in [0.29, 0.717) is 5.25 Å². The van der Waals surface area contributed by atoms with Gasteiger partial charge in [0, 0.05) is 11.3 Å². The zero-order chi connectivity index (χ0) is 12.4. The third-order valence-corrected chi connectivity index (χ3v) is 4.30. The summed E-state index contributed by atoms with van der Waals surface area (Å²) < 4.78 is 0. The van der Waals surface area contributed by atoms with Gasteiger partial charge in [-0.05, 0) is 39.5 Å². The number of amidine groups is 1. The molecule has 0 aromatic heterocycles. The average Bonchev–Trinajstić information content (AvgIpc) is 2.99. The number of nitrogens with zero attached hydrogens (tertiary/aromatic N) is 1. The van der Waals surface area contributed by atoms with Crippen LogP contribution in [0.15, 0.2) is 4.99 Å². The maximum atomic E-state index is 11.7. The van der Waals surface area contributed by atoms with Gasteiger partial charge >= 0.3 is 0 Å². The topological polar surface area (TPSA) is 53.5 Å². The lowest BCUT2D eigenvalue weighted by Gasteiger charge is -2.16. The van der Waals surface area contributed by atoms with Crippen molar-refractivity contribution in [3.8, 4) is 0 Å². The van der Waals surface area contributed by atoms with E-state index in [0.717, 1.165) is 17.6 Å². The fraction of sp³-hybridized carbons (Fsp3) is 0.833. The van der Waals surface area contributed by atoms with E-state index in [4.69, 9.17) is 0 Å². The number of rotatable bonds is 4. The Morgan fingerprint density at radius 1 is 1.41 bits per heavy atom. The predicted molar refractivity (Wildman–Crippen MR) is 72.3 cm³/mol. The zero-order valence-electron chi connectivity index (χ0n) is 10.7. The van der Waals surface area contributed by atoms with Crippen LogP contribution in [0, 0.1) is 5.92 Å². The highest BCUT2D eigenvalue weighted by molar-refractivity contribution is 8.14. The molecule has 2 aliphatic rings. The molecular formula is C12H21N3OS. The van der Waals surface area contributed by atoms with Crippen LogP contribution in [0.25, 0.3) is 0 Å². The predicted octanol–water partition coefficient (Wildman–Crippen LogP) is 1.37. The summed E-state index contributed by atoms with van der Waals surface area (Å²) in [6.07, 6.45) is 2.70. The second-order valence-corrected chi connectivity index (χ2v) is 6.40. The van der Waals surface area contributed by atoms with Crippen LogP contribution in [0.2, 0.25) is 0 Å². The molecule has 0 bridgehead atoms. The lowest BCUT2D eigenvalue weighted by atomic mass is 10.3. The maximum absolute atomic E-state index is 11.7. The molecule has 2 unspecified atom stereocenters. The first kappa shape index (κ1) is 12.7. The molecule has 0 saturated heterocycles. The summed E-state index contributed by atoms with van der Waals surface area (Å²) >= 11 is 1.80. The Labute approximate surface area is 107 Å². The van der Waals surface area contributed by atoms with Crippen molar-refractivity contribution in [1.82, 2.24) is 10.6 Å². The standard InChI is InChI=1S/C12H21N3OS/c1-7(2)14-11(16)8(3)15-12-13-6-10(17-12)9-4-5-9/h7-10H,4-6H2,1-3H3,(H,13,15)(H,14,16). The van der Waals surface area contributed by atoms with Gasteiger partial charge in [-0.15, -0.1) is 0 Å². The minimum atomic E-state index is -0.207. The van der Waals surface area contributed by atoms with Gasteiger partial charge in [-0.3, -0.25) is 9.79 Å². The van der Waals surface area contributed by atoms with Gasteiger partial charge in [-0.25, -0.2) is 0 Å². The monoisotopic (exact) mass is 255 g/mol. The van der Waals surface area contributed by atoms with E-state index in [-0.39, 0.29) is 18.0 Å². The summed E-state index contributed by atoms with van der Waals surface area (Å²) in [5, 5.41) is 7.68. The van der Waals surface area contributed by atoms with Gasteiger partial charge in [-0.2, -0.15) is 0 Å². The van der Waals surface area contributed by atoms with Gasteiger partial charge in [0.1, 0.15) is 6.04 Å². The van der Waals surface area contributed by atoms with Crippen molar-refractivity contribution in [3.05, 3.63) is 0 Å². The number of nitrogens with one attached hydrogen (secondary N) is 2. The molecule has 2 N–H and O–H groups in total. The van der Waals surface area contributed by atoms with Crippen molar-refractivity contribution in [1.29, 1.82) is 0 Å². The molecule has 96 valence electrons. The number of thioether (sulfide) groups is 1. The Kier molecular flexibility index (Phi) is 3.97. The summed E-state index contributed by atoms with van der Waals surface area (Å²) in [4.78, 5) is 16.2. The van der Waals surface area contributed by atoms with E-state index in [9.17, 15) is 4.79 Å². The lowest BCUT2D eigenvalue weighted by molar-refractivity contribution is -0.122. The molecule has 2 atom stereocenters. The fourth-order valence-corrected chi connectivity index (χ4v) is 3.14. The largest absolute Gasteiger partial charge is 0.353 e. The molecular weight excluding hydrogens is 234 g/mol. The molecule has 0 spiro atoms. The number of carbonyl (C=O) groups excluding carboxylic acids is 1. The molecule has 1 heterocycles. The maximum Gasteiger partial charge on any atom is 0.242 e. The molecule has 1 aliphatic carbocycles. The van der Waals surface area contributed by atoms with Gasteiger partial charge in [-0.1, -0.05) is 11.8 Å². The molecule has 17 heavy (non-hydrogen) atoms. The number of carbonyl (C=O) groups is 1. The van der Waals surface area contributed by atoms with Crippen LogP contribution in [0.1, 0.15) is 33.6 Å². The Morgan fingerprint density at radius 2 is 2.12 bits per heavy atom. The Balaban J connectivity index is 1.75. The van der Waals surface area contributed by atoms with E-state index in [1.54, 1.807) is 11.8 Å². The van der Waals surface area contributed by atoms with E-state index in [1.807, 2.05) is 20.8 Å². The van der Waals surface area contributed by atoms with Gasteiger partial charge in [0.25, 0.3) is 0 Å². The normalized spacial score (nSPS) is 25.6. The molecule has 2 rings (SSSR count). The van der Waals surface area contributed by atoms with Crippen molar-refractivity contribution >= 4 is 22.8 Å². The molecule has 4 nitrogen and oxygen atoms in total. The van der Waals surface area contributed by atoms with Gasteiger partial charge in [0.05, 0.1) is 6.54 Å². The molecule has 1 fully saturated rings. The molecule has 1 aliphatic heterocycles. The summed E-state index contributed by atoms with van der Waals surface area (Å²) in [7, 11) is 0. The third-order valence-electron chi connectivity index (χ3n) is 2.99.